The number of rotatable bonds is 4. The Morgan fingerprint density at radius 3 is 2.50 bits per heavy atom. The monoisotopic (exact) mass is 139 g/mol. The largest absolute Gasteiger partial charge is 0.305 e. The first kappa shape index (κ1) is 9.44. The van der Waals surface area contributed by atoms with E-state index >= 15 is 0 Å². The highest BCUT2D eigenvalue weighted by Gasteiger charge is 2.08. The summed E-state index contributed by atoms with van der Waals surface area (Å²) in [5, 5.41) is 3.30. The smallest absolute Gasteiger partial charge is 0.0307 e. The van der Waals surface area contributed by atoms with Crippen LogP contribution in [0.25, 0.3) is 0 Å². The Labute approximate surface area is 63.8 Å². The zero-order valence-corrected chi connectivity index (χ0v) is 7.15. The highest BCUT2D eigenvalue weighted by atomic mass is 14.9. The van der Waals surface area contributed by atoms with Gasteiger partial charge in [0.2, 0.25) is 0 Å². The van der Waals surface area contributed by atoms with Crippen molar-refractivity contribution in [1.82, 2.24) is 5.32 Å². The van der Waals surface area contributed by atoms with Crippen molar-refractivity contribution in [1.29, 1.82) is 0 Å². The van der Waals surface area contributed by atoms with Crippen molar-refractivity contribution in [2.45, 2.75) is 26.3 Å². The van der Waals surface area contributed by atoms with Crippen LogP contribution >= 0.6 is 0 Å². The van der Waals surface area contributed by atoms with E-state index in [1.54, 1.807) is 0 Å². The molecule has 0 bridgehead atoms. The van der Waals surface area contributed by atoms with Gasteiger partial charge in [-0.25, -0.2) is 0 Å². The SMILES string of the molecule is C=CC(C)(C)NCC=CC. The molecule has 1 nitrogen and oxygen atoms in total. The minimum absolute atomic E-state index is 0.0551. The number of hydrogen-bond donors (Lipinski definition) is 1. The second-order valence-corrected chi connectivity index (χ2v) is 2.88. The molecular formula is C9H17N. The molecule has 0 spiro atoms. The lowest BCUT2D eigenvalue weighted by molar-refractivity contribution is 0.505. The van der Waals surface area contributed by atoms with E-state index in [1.165, 1.54) is 0 Å². The van der Waals surface area contributed by atoms with E-state index in [9.17, 15) is 0 Å². The molecule has 0 amide bonds. The summed E-state index contributed by atoms with van der Waals surface area (Å²) in [5.74, 6) is 0. The summed E-state index contributed by atoms with van der Waals surface area (Å²) in [5.41, 5.74) is 0.0551. The molecule has 10 heavy (non-hydrogen) atoms. The van der Waals surface area contributed by atoms with Crippen LogP contribution in [0, 0.1) is 0 Å². The Hall–Kier alpha value is -0.560. The summed E-state index contributed by atoms with van der Waals surface area (Å²) >= 11 is 0. The van der Waals surface area contributed by atoms with Gasteiger partial charge < -0.3 is 5.32 Å². The van der Waals surface area contributed by atoms with Crippen LogP contribution in [0.1, 0.15) is 20.8 Å². The minimum Gasteiger partial charge on any atom is -0.305 e. The lowest BCUT2D eigenvalue weighted by Crippen LogP contribution is -2.36. The molecule has 58 valence electrons. The van der Waals surface area contributed by atoms with Gasteiger partial charge in [0.1, 0.15) is 0 Å². The first-order valence-corrected chi connectivity index (χ1v) is 3.62. The van der Waals surface area contributed by atoms with Crippen molar-refractivity contribution >= 4 is 0 Å². The van der Waals surface area contributed by atoms with Crippen LogP contribution in [0.15, 0.2) is 24.8 Å². The Morgan fingerprint density at radius 2 is 2.10 bits per heavy atom. The molecular weight excluding hydrogens is 122 g/mol. The molecule has 0 aromatic carbocycles. The van der Waals surface area contributed by atoms with Crippen molar-refractivity contribution < 1.29 is 0 Å². The molecule has 0 fully saturated rings. The summed E-state index contributed by atoms with van der Waals surface area (Å²) in [7, 11) is 0. The van der Waals surface area contributed by atoms with Crippen LogP contribution in [-0.4, -0.2) is 12.1 Å². The normalized spacial score (nSPS) is 12.3. The second kappa shape index (κ2) is 4.29. The third kappa shape index (κ3) is 4.33. The number of allylic oxidation sites excluding steroid dienone is 1. The maximum atomic E-state index is 3.72. The molecule has 0 atom stereocenters. The highest BCUT2D eigenvalue weighted by molar-refractivity contribution is 4.97. The fourth-order valence-corrected chi connectivity index (χ4v) is 0.512. The number of hydrogen-bond acceptors (Lipinski definition) is 1. The maximum absolute atomic E-state index is 3.72. The van der Waals surface area contributed by atoms with E-state index in [0.717, 1.165) is 6.54 Å². The molecule has 0 aliphatic heterocycles. The summed E-state index contributed by atoms with van der Waals surface area (Å²) in [6, 6.07) is 0. The Bertz CT molecular complexity index is 123. The second-order valence-electron chi connectivity index (χ2n) is 2.88. The summed E-state index contributed by atoms with van der Waals surface area (Å²) < 4.78 is 0. The molecule has 0 aliphatic rings. The van der Waals surface area contributed by atoms with Crippen molar-refractivity contribution in [3.05, 3.63) is 24.8 Å². The zero-order valence-electron chi connectivity index (χ0n) is 7.15. The van der Waals surface area contributed by atoms with Crippen LogP contribution < -0.4 is 5.32 Å². The Morgan fingerprint density at radius 1 is 1.50 bits per heavy atom. The first-order valence-electron chi connectivity index (χ1n) is 3.62. The molecule has 1 heteroatoms. The van der Waals surface area contributed by atoms with E-state index in [4.69, 9.17) is 0 Å². The van der Waals surface area contributed by atoms with Gasteiger partial charge in [-0.05, 0) is 20.8 Å². The first-order chi connectivity index (χ1) is 4.62. The van der Waals surface area contributed by atoms with Crippen LogP contribution in [0.5, 0.6) is 0 Å². The molecule has 1 N–H and O–H groups in total. The lowest BCUT2D eigenvalue weighted by atomic mass is 10.1. The van der Waals surface area contributed by atoms with Crippen molar-refractivity contribution in [3.63, 3.8) is 0 Å². The summed E-state index contributed by atoms with van der Waals surface area (Å²) in [4.78, 5) is 0. The van der Waals surface area contributed by atoms with E-state index in [2.05, 4.69) is 31.8 Å². The fourth-order valence-electron chi connectivity index (χ4n) is 0.512. The molecule has 0 aromatic rings. The quantitative estimate of drug-likeness (QED) is 0.588. The van der Waals surface area contributed by atoms with Crippen LogP contribution in [-0.2, 0) is 0 Å². The standard InChI is InChI=1S/C9H17N/c1-5-7-8-10-9(3,4)6-2/h5-7,10H,2,8H2,1,3-4H3. The molecule has 0 aromatic heterocycles. The van der Waals surface area contributed by atoms with Gasteiger partial charge in [0.15, 0.2) is 0 Å². The Balaban J connectivity index is 3.56. The van der Waals surface area contributed by atoms with Crippen molar-refractivity contribution in [3.8, 4) is 0 Å². The molecule has 0 aliphatic carbocycles. The van der Waals surface area contributed by atoms with Crippen LogP contribution in [0.4, 0.5) is 0 Å². The zero-order chi connectivity index (χ0) is 8.04. The summed E-state index contributed by atoms with van der Waals surface area (Å²) in [6.07, 6.45) is 6.04. The molecule has 0 saturated carbocycles. The van der Waals surface area contributed by atoms with Crippen molar-refractivity contribution in [2.24, 2.45) is 0 Å². The molecule has 0 heterocycles. The van der Waals surface area contributed by atoms with Gasteiger partial charge >= 0.3 is 0 Å². The molecule has 0 saturated heterocycles. The Kier molecular flexibility index (Phi) is 4.05. The van der Waals surface area contributed by atoms with Crippen LogP contribution in [0.2, 0.25) is 0 Å². The predicted molar refractivity (Wildman–Crippen MR) is 47.1 cm³/mol. The fraction of sp³-hybridized carbons (Fsp3) is 0.556. The average Bonchev–Trinajstić information content (AvgIpc) is 1.89. The van der Waals surface area contributed by atoms with E-state index < -0.39 is 0 Å². The molecule has 0 radical (unpaired) electrons. The van der Waals surface area contributed by atoms with Crippen LogP contribution in [0.3, 0.4) is 0 Å². The van der Waals surface area contributed by atoms with Gasteiger partial charge in [0, 0.05) is 12.1 Å². The third-order valence-corrected chi connectivity index (χ3v) is 1.42. The number of nitrogens with one attached hydrogen (secondary N) is 1. The van der Waals surface area contributed by atoms with Gasteiger partial charge in [0.05, 0.1) is 0 Å². The van der Waals surface area contributed by atoms with Gasteiger partial charge in [-0.15, -0.1) is 6.58 Å². The summed E-state index contributed by atoms with van der Waals surface area (Å²) in [6.45, 7) is 10.9. The average molecular weight is 139 g/mol. The van der Waals surface area contributed by atoms with E-state index in [0.29, 0.717) is 0 Å². The topological polar surface area (TPSA) is 12.0 Å². The predicted octanol–water partition coefficient (Wildman–Crippen LogP) is 2.12. The highest BCUT2D eigenvalue weighted by Crippen LogP contribution is 2.00. The molecule has 0 unspecified atom stereocenters. The minimum atomic E-state index is 0.0551. The molecule has 0 rings (SSSR count). The van der Waals surface area contributed by atoms with Gasteiger partial charge in [-0.2, -0.15) is 0 Å². The lowest BCUT2D eigenvalue weighted by Gasteiger charge is -2.20. The van der Waals surface area contributed by atoms with E-state index in [-0.39, 0.29) is 5.54 Å². The van der Waals surface area contributed by atoms with Gasteiger partial charge in [-0.3, -0.25) is 0 Å². The van der Waals surface area contributed by atoms with Crippen molar-refractivity contribution in [2.75, 3.05) is 6.54 Å². The maximum Gasteiger partial charge on any atom is 0.0307 e. The van der Waals surface area contributed by atoms with Gasteiger partial charge in [0.25, 0.3) is 0 Å². The van der Waals surface area contributed by atoms with Gasteiger partial charge in [-0.1, -0.05) is 18.2 Å². The van der Waals surface area contributed by atoms with E-state index in [1.807, 2.05) is 19.1 Å². The third-order valence-electron chi connectivity index (χ3n) is 1.42.